The van der Waals surface area contributed by atoms with Crippen LogP contribution in [0.5, 0.6) is 0 Å². The Balaban J connectivity index is 2.14. The van der Waals surface area contributed by atoms with E-state index in [2.05, 4.69) is 10.6 Å². The van der Waals surface area contributed by atoms with Crippen molar-refractivity contribution in [1.29, 1.82) is 0 Å². The molecule has 4 N–H and O–H groups in total. The predicted molar refractivity (Wildman–Crippen MR) is 99.0 cm³/mol. The molecular formula is C19H30FN3O5. The first kappa shape index (κ1) is 22.1. The van der Waals surface area contributed by atoms with E-state index in [-0.39, 0.29) is 19.3 Å². The van der Waals surface area contributed by atoms with Gasteiger partial charge in [-0.15, -0.1) is 0 Å². The van der Waals surface area contributed by atoms with Gasteiger partial charge in [0.15, 0.2) is 0 Å². The minimum atomic E-state index is -1.57. The average Bonchev–Trinajstić information content (AvgIpc) is 2.93. The highest BCUT2D eigenvalue weighted by atomic mass is 19.1. The van der Waals surface area contributed by atoms with Crippen molar-refractivity contribution in [1.82, 2.24) is 10.6 Å². The number of primary amides is 1. The molecule has 3 amide bonds. The Morgan fingerprint density at radius 1 is 1.07 bits per heavy atom. The summed E-state index contributed by atoms with van der Waals surface area (Å²) in [6, 6.07) is -1.23. The van der Waals surface area contributed by atoms with E-state index in [9.17, 15) is 19.2 Å². The standard InChI is InChI=1S/C19H30FN3O5/c1-17(2,3)28-16(27)22-12(11-18(20)7-4-5-8-18)15(26)23-19(9-6-10-19)13(24)14(21)25/h12H,4-11H2,1-3H3,(H2,21,25)(H,22,27)(H,23,26)/t12-/m0/s1. The number of nitrogens with one attached hydrogen (secondary N) is 2. The smallest absolute Gasteiger partial charge is 0.408 e. The summed E-state index contributed by atoms with van der Waals surface area (Å²) < 4.78 is 20.2. The van der Waals surface area contributed by atoms with Gasteiger partial charge in [0.2, 0.25) is 11.7 Å². The van der Waals surface area contributed by atoms with E-state index < -0.39 is 46.5 Å². The zero-order valence-corrected chi connectivity index (χ0v) is 16.7. The first-order chi connectivity index (χ1) is 12.9. The number of nitrogens with two attached hydrogens (primary N) is 1. The van der Waals surface area contributed by atoms with Gasteiger partial charge < -0.3 is 21.1 Å². The van der Waals surface area contributed by atoms with Gasteiger partial charge in [-0.1, -0.05) is 12.8 Å². The maximum Gasteiger partial charge on any atom is 0.408 e. The molecule has 0 aromatic heterocycles. The van der Waals surface area contributed by atoms with Crippen LogP contribution in [0.3, 0.4) is 0 Å². The number of halogens is 1. The van der Waals surface area contributed by atoms with Crippen LogP contribution in [-0.2, 0) is 19.1 Å². The van der Waals surface area contributed by atoms with Gasteiger partial charge in [-0.3, -0.25) is 14.4 Å². The van der Waals surface area contributed by atoms with Gasteiger partial charge in [-0.2, -0.15) is 0 Å². The molecule has 2 fully saturated rings. The van der Waals surface area contributed by atoms with Gasteiger partial charge in [-0.05, 0) is 52.9 Å². The number of alkyl halides is 1. The Bertz CT molecular complexity index is 648. The molecule has 9 heteroatoms. The second-order valence-electron chi connectivity index (χ2n) is 8.88. The summed E-state index contributed by atoms with van der Waals surface area (Å²) in [4.78, 5) is 48.5. The number of ketones is 1. The van der Waals surface area contributed by atoms with Crippen molar-refractivity contribution in [2.24, 2.45) is 5.73 Å². The highest BCUT2D eigenvalue weighted by Gasteiger charge is 2.49. The Labute approximate surface area is 164 Å². The van der Waals surface area contributed by atoms with E-state index in [1.54, 1.807) is 20.8 Å². The van der Waals surface area contributed by atoms with Crippen LogP contribution in [-0.4, -0.2) is 46.5 Å². The summed E-state index contributed by atoms with van der Waals surface area (Å²) in [6.45, 7) is 5.01. The number of hydrogen-bond acceptors (Lipinski definition) is 5. The number of rotatable bonds is 7. The van der Waals surface area contributed by atoms with E-state index >= 15 is 4.39 Å². The third kappa shape index (κ3) is 5.42. The number of Topliss-reactive ketones (excluding diaryl/α,β-unsaturated/α-hetero) is 1. The molecule has 158 valence electrons. The lowest BCUT2D eigenvalue weighted by molar-refractivity contribution is -0.145. The summed E-state index contributed by atoms with van der Waals surface area (Å²) in [5.41, 5.74) is 1.37. The van der Waals surface area contributed by atoms with Gasteiger partial charge in [0.1, 0.15) is 22.9 Å². The van der Waals surface area contributed by atoms with Crippen LogP contribution in [0.4, 0.5) is 9.18 Å². The Kier molecular flexibility index (Phi) is 6.35. The fourth-order valence-electron chi connectivity index (χ4n) is 3.74. The third-order valence-electron chi connectivity index (χ3n) is 5.31. The molecule has 0 aromatic rings. The average molecular weight is 399 g/mol. The molecular weight excluding hydrogens is 369 g/mol. The Morgan fingerprint density at radius 2 is 1.64 bits per heavy atom. The quantitative estimate of drug-likeness (QED) is 0.561. The lowest BCUT2D eigenvalue weighted by Crippen LogP contribution is -2.65. The summed E-state index contributed by atoms with van der Waals surface area (Å²) in [6.07, 6.45) is 2.16. The van der Waals surface area contributed by atoms with Gasteiger partial charge in [-0.25, -0.2) is 9.18 Å². The van der Waals surface area contributed by atoms with Crippen LogP contribution in [0.15, 0.2) is 0 Å². The van der Waals surface area contributed by atoms with Crippen molar-refractivity contribution in [3.8, 4) is 0 Å². The number of carbonyl (C=O) groups is 4. The SMILES string of the molecule is CC(C)(C)OC(=O)N[C@@H](CC1(F)CCCC1)C(=O)NC1(C(=O)C(N)=O)CCC1. The molecule has 2 aliphatic rings. The number of hydrogen-bond donors (Lipinski definition) is 3. The minimum Gasteiger partial charge on any atom is -0.444 e. The largest absolute Gasteiger partial charge is 0.444 e. The van der Waals surface area contributed by atoms with E-state index in [1.165, 1.54) is 0 Å². The van der Waals surface area contributed by atoms with E-state index in [1.807, 2.05) is 0 Å². The lowest BCUT2D eigenvalue weighted by atomic mass is 9.73. The van der Waals surface area contributed by atoms with Gasteiger partial charge in [0.05, 0.1) is 0 Å². The zero-order chi connectivity index (χ0) is 21.2. The summed E-state index contributed by atoms with van der Waals surface area (Å²) in [5.74, 6) is -2.72. The molecule has 0 heterocycles. The molecule has 0 aromatic carbocycles. The van der Waals surface area contributed by atoms with E-state index in [4.69, 9.17) is 10.5 Å². The first-order valence-corrected chi connectivity index (χ1v) is 9.71. The number of alkyl carbamates (subject to hydrolysis) is 1. The van der Waals surface area contributed by atoms with Gasteiger partial charge >= 0.3 is 6.09 Å². The van der Waals surface area contributed by atoms with Crippen molar-refractivity contribution in [2.75, 3.05) is 0 Å². The highest BCUT2D eigenvalue weighted by Crippen LogP contribution is 2.38. The fraction of sp³-hybridized carbons (Fsp3) is 0.789. The fourth-order valence-corrected chi connectivity index (χ4v) is 3.74. The molecule has 0 aliphatic heterocycles. The molecule has 0 bridgehead atoms. The molecule has 0 saturated heterocycles. The second kappa shape index (κ2) is 8.05. The number of carbonyl (C=O) groups excluding carboxylic acids is 4. The first-order valence-electron chi connectivity index (χ1n) is 9.71. The van der Waals surface area contributed by atoms with Crippen LogP contribution in [0.2, 0.25) is 0 Å². The molecule has 8 nitrogen and oxygen atoms in total. The zero-order valence-electron chi connectivity index (χ0n) is 16.7. The summed E-state index contributed by atoms with van der Waals surface area (Å²) in [5, 5.41) is 4.97. The molecule has 1 atom stereocenters. The van der Waals surface area contributed by atoms with Crippen molar-refractivity contribution < 1.29 is 28.3 Å². The van der Waals surface area contributed by atoms with Crippen LogP contribution in [0, 0.1) is 0 Å². The van der Waals surface area contributed by atoms with Gasteiger partial charge in [0, 0.05) is 6.42 Å². The summed E-state index contributed by atoms with van der Waals surface area (Å²) in [7, 11) is 0. The maximum absolute atomic E-state index is 15.0. The van der Waals surface area contributed by atoms with Crippen LogP contribution in [0.25, 0.3) is 0 Å². The summed E-state index contributed by atoms with van der Waals surface area (Å²) >= 11 is 0. The topological polar surface area (TPSA) is 128 Å². The van der Waals surface area contributed by atoms with E-state index in [0.29, 0.717) is 32.1 Å². The van der Waals surface area contributed by atoms with Crippen LogP contribution < -0.4 is 16.4 Å². The monoisotopic (exact) mass is 399 g/mol. The van der Waals surface area contributed by atoms with Gasteiger partial charge in [0.25, 0.3) is 5.91 Å². The molecule has 28 heavy (non-hydrogen) atoms. The predicted octanol–water partition coefficient (Wildman–Crippen LogP) is 1.65. The molecule has 0 spiro atoms. The Morgan fingerprint density at radius 3 is 2.07 bits per heavy atom. The Hall–Kier alpha value is -2.19. The molecule has 2 rings (SSSR count). The molecule has 2 aliphatic carbocycles. The highest BCUT2D eigenvalue weighted by molar-refractivity contribution is 6.39. The normalized spacial score (nSPS) is 21.1. The van der Waals surface area contributed by atoms with Crippen LogP contribution in [0.1, 0.15) is 72.1 Å². The third-order valence-corrected chi connectivity index (χ3v) is 5.31. The van der Waals surface area contributed by atoms with Crippen molar-refractivity contribution in [3.05, 3.63) is 0 Å². The lowest BCUT2D eigenvalue weighted by Gasteiger charge is -2.41. The molecule has 0 radical (unpaired) electrons. The number of ether oxygens (including phenoxy) is 1. The second-order valence-corrected chi connectivity index (χ2v) is 8.88. The molecule has 2 saturated carbocycles. The van der Waals surface area contributed by atoms with E-state index in [0.717, 1.165) is 0 Å². The minimum absolute atomic E-state index is 0.223. The maximum atomic E-state index is 15.0. The van der Waals surface area contributed by atoms with Crippen molar-refractivity contribution in [3.63, 3.8) is 0 Å². The van der Waals surface area contributed by atoms with Crippen molar-refractivity contribution >= 4 is 23.7 Å². The molecule has 0 unspecified atom stereocenters. The van der Waals surface area contributed by atoms with Crippen molar-refractivity contribution in [2.45, 2.75) is 95.0 Å². The number of amides is 3. The van der Waals surface area contributed by atoms with Crippen LogP contribution >= 0.6 is 0 Å².